The minimum Gasteiger partial charge on any atom is -0.393 e. The second-order valence-corrected chi connectivity index (χ2v) is 4.88. The van der Waals surface area contributed by atoms with Crippen LogP contribution in [-0.4, -0.2) is 11.2 Å². The van der Waals surface area contributed by atoms with Crippen LogP contribution in [0.5, 0.6) is 0 Å². The van der Waals surface area contributed by atoms with Crippen LogP contribution in [0.15, 0.2) is 0 Å². The molecule has 0 bridgehead atoms. The summed E-state index contributed by atoms with van der Waals surface area (Å²) >= 11 is 0. The monoisotopic (exact) mass is 156 g/mol. The van der Waals surface area contributed by atoms with Crippen molar-refractivity contribution in [2.45, 2.75) is 52.6 Å². The molecular formula is C10H20O. The van der Waals surface area contributed by atoms with E-state index in [1.807, 2.05) is 0 Å². The van der Waals surface area contributed by atoms with Crippen molar-refractivity contribution in [1.82, 2.24) is 0 Å². The number of aliphatic hydroxyl groups excluding tert-OH is 1. The van der Waals surface area contributed by atoms with Crippen LogP contribution in [0.1, 0.15) is 46.5 Å². The molecule has 0 aromatic rings. The lowest BCUT2D eigenvalue weighted by Gasteiger charge is -2.35. The third kappa shape index (κ3) is 2.48. The summed E-state index contributed by atoms with van der Waals surface area (Å²) in [6.45, 7) is 6.82. The molecule has 1 rings (SSSR count). The first-order valence-corrected chi connectivity index (χ1v) is 4.68. The van der Waals surface area contributed by atoms with Crippen molar-refractivity contribution in [3.05, 3.63) is 0 Å². The fraction of sp³-hybridized carbons (Fsp3) is 1.00. The van der Waals surface area contributed by atoms with Crippen LogP contribution in [0.4, 0.5) is 0 Å². The maximum Gasteiger partial charge on any atom is 0.0543 e. The molecule has 0 radical (unpaired) electrons. The van der Waals surface area contributed by atoms with Crippen LogP contribution >= 0.6 is 0 Å². The predicted molar refractivity (Wildman–Crippen MR) is 47.4 cm³/mol. The molecule has 0 saturated heterocycles. The third-order valence-electron chi connectivity index (χ3n) is 2.87. The zero-order valence-electron chi connectivity index (χ0n) is 7.93. The lowest BCUT2D eigenvalue weighted by molar-refractivity contribution is 0.0586. The number of hydrogen-bond acceptors (Lipinski definition) is 1. The SMILES string of the molecule is CC(C)(C)[C@@H]1CCC[C@H](O)C1. The Morgan fingerprint density at radius 1 is 1.18 bits per heavy atom. The highest BCUT2D eigenvalue weighted by Crippen LogP contribution is 2.37. The van der Waals surface area contributed by atoms with Crippen molar-refractivity contribution >= 4 is 0 Å². The van der Waals surface area contributed by atoms with E-state index in [0.717, 1.165) is 18.8 Å². The topological polar surface area (TPSA) is 20.2 Å². The van der Waals surface area contributed by atoms with E-state index in [-0.39, 0.29) is 6.10 Å². The fourth-order valence-corrected chi connectivity index (χ4v) is 1.95. The Hall–Kier alpha value is -0.0400. The fourth-order valence-electron chi connectivity index (χ4n) is 1.95. The second kappa shape index (κ2) is 3.14. The maximum atomic E-state index is 9.44. The average Bonchev–Trinajstić information content (AvgIpc) is 1.86. The molecule has 1 heteroatoms. The van der Waals surface area contributed by atoms with Gasteiger partial charge in [0.25, 0.3) is 0 Å². The maximum absolute atomic E-state index is 9.44. The minimum atomic E-state index is -0.0204. The van der Waals surface area contributed by atoms with Gasteiger partial charge in [0, 0.05) is 0 Å². The molecule has 11 heavy (non-hydrogen) atoms. The molecule has 1 saturated carbocycles. The molecule has 66 valence electrons. The van der Waals surface area contributed by atoms with Gasteiger partial charge in [-0.1, -0.05) is 27.2 Å². The minimum absolute atomic E-state index is 0.0204. The van der Waals surface area contributed by atoms with E-state index in [2.05, 4.69) is 20.8 Å². The summed E-state index contributed by atoms with van der Waals surface area (Å²) in [6, 6.07) is 0. The number of rotatable bonds is 0. The molecule has 1 N–H and O–H groups in total. The Morgan fingerprint density at radius 2 is 1.82 bits per heavy atom. The lowest BCUT2D eigenvalue weighted by atomic mass is 9.72. The van der Waals surface area contributed by atoms with Gasteiger partial charge in [0.05, 0.1) is 6.10 Å². The van der Waals surface area contributed by atoms with Crippen molar-refractivity contribution in [3.8, 4) is 0 Å². The number of aliphatic hydroxyl groups is 1. The molecule has 0 unspecified atom stereocenters. The van der Waals surface area contributed by atoms with Crippen molar-refractivity contribution in [3.63, 3.8) is 0 Å². The molecule has 0 amide bonds. The summed E-state index contributed by atoms with van der Waals surface area (Å²) in [7, 11) is 0. The second-order valence-electron chi connectivity index (χ2n) is 4.88. The Balaban J connectivity index is 2.46. The summed E-state index contributed by atoms with van der Waals surface area (Å²) in [5, 5.41) is 9.44. The highest BCUT2D eigenvalue weighted by molar-refractivity contribution is 4.80. The molecule has 0 aromatic heterocycles. The molecular weight excluding hydrogens is 136 g/mol. The molecule has 0 aromatic carbocycles. The van der Waals surface area contributed by atoms with E-state index in [9.17, 15) is 5.11 Å². The van der Waals surface area contributed by atoms with Gasteiger partial charge in [-0.2, -0.15) is 0 Å². The average molecular weight is 156 g/mol. The summed E-state index contributed by atoms with van der Waals surface area (Å²) in [4.78, 5) is 0. The first kappa shape index (κ1) is 9.05. The van der Waals surface area contributed by atoms with Gasteiger partial charge in [-0.15, -0.1) is 0 Å². The Labute approximate surface area is 69.8 Å². The molecule has 0 spiro atoms. The highest BCUT2D eigenvalue weighted by Gasteiger charge is 2.29. The highest BCUT2D eigenvalue weighted by atomic mass is 16.3. The predicted octanol–water partition coefficient (Wildman–Crippen LogP) is 2.58. The van der Waals surface area contributed by atoms with Crippen LogP contribution in [0.25, 0.3) is 0 Å². The van der Waals surface area contributed by atoms with Crippen molar-refractivity contribution in [2.24, 2.45) is 11.3 Å². The molecule has 1 fully saturated rings. The summed E-state index contributed by atoms with van der Waals surface area (Å²) in [5.41, 5.74) is 0.390. The largest absolute Gasteiger partial charge is 0.393 e. The normalized spacial score (nSPS) is 33.8. The van der Waals surface area contributed by atoms with Gasteiger partial charge in [-0.3, -0.25) is 0 Å². The van der Waals surface area contributed by atoms with Gasteiger partial charge in [0.15, 0.2) is 0 Å². The Bertz CT molecular complexity index is 123. The molecule has 1 aliphatic rings. The first-order chi connectivity index (χ1) is 5.00. The van der Waals surface area contributed by atoms with Crippen LogP contribution < -0.4 is 0 Å². The zero-order valence-corrected chi connectivity index (χ0v) is 7.93. The van der Waals surface area contributed by atoms with Gasteiger partial charge < -0.3 is 5.11 Å². The standard InChI is InChI=1S/C10H20O/c1-10(2,3)8-5-4-6-9(11)7-8/h8-9,11H,4-7H2,1-3H3/t8-,9+/m1/s1. The van der Waals surface area contributed by atoms with Crippen LogP contribution in [-0.2, 0) is 0 Å². The summed E-state index contributed by atoms with van der Waals surface area (Å²) in [5.74, 6) is 0.728. The van der Waals surface area contributed by atoms with Gasteiger partial charge in [0.1, 0.15) is 0 Å². The smallest absolute Gasteiger partial charge is 0.0543 e. The lowest BCUT2D eigenvalue weighted by Crippen LogP contribution is -2.29. The van der Waals surface area contributed by atoms with Crippen LogP contribution in [0.3, 0.4) is 0 Å². The third-order valence-corrected chi connectivity index (χ3v) is 2.87. The molecule has 1 nitrogen and oxygen atoms in total. The van der Waals surface area contributed by atoms with E-state index >= 15 is 0 Å². The quantitative estimate of drug-likeness (QED) is 0.571. The molecule has 0 heterocycles. The van der Waals surface area contributed by atoms with Crippen molar-refractivity contribution < 1.29 is 5.11 Å². The van der Waals surface area contributed by atoms with E-state index in [1.165, 1.54) is 12.8 Å². The zero-order chi connectivity index (χ0) is 8.48. The summed E-state index contributed by atoms with van der Waals surface area (Å²) in [6.07, 6.45) is 4.53. The van der Waals surface area contributed by atoms with Crippen molar-refractivity contribution in [2.75, 3.05) is 0 Å². The number of hydrogen-bond donors (Lipinski definition) is 1. The van der Waals surface area contributed by atoms with E-state index in [1.54, 1.807) is 0 Å². The van der Waals surface area contributed by atoms with E-state index < -0.39 is 0 Å². The van der Waals surface area contributed by atoms with Gasteiger partial charge in [-0.25, -0.2) is 0 Å². The Kier molecular flexibility index (Phi) is 2.58. The summed E-state index contributed by atoms with van der Waals surface area (Å²) < 4.78 is 0. The Morgan fingerprint density at radius 3 is 2.18 bits per heavy atom. The van der Waals surface area contributed by atoms with Gasteiger partial charge >= 0.3 is 0 Å². The van der Waals surface area contributed by atoms with Gasteiger partial charge in [-0.05, 0) is 30.6 Å². The van der Waals surface area contributed by atoms with E-state index in [4.69, 9.17) is 0 Å². The van der Waals surface area contributed by atoms with Crippen molar-refractivity contribution in [1.29, 1.82) is 0 Å². The van der Waals surface area contributed by atoms with Crippen LogP contribution in [0.2, 0.25) is 0 Å². The van der Waals surface area contributed by atoms with Crippen LogP contribution in [0, 0.1) is 11.3 Å². The molecule has 1 aliphatic carbocycles. The van der Waals surface area contributed by atoms with Gasteiger partial charge in [0.2, 0.25) is 0 Å². The first-order valence-electron chi connectivity index (χ1n) is 4.68. The van der Waals surface area contributed by atoms with E-state index in [0.29, 0.717) is 5.41 Å². The molecule has 0 aliphatic heterocycles. The molecule has 2 atom stereocenters.